The van der Waals surface area contributed by atoms with E-state index in [1.807, 2.05) is 0 Å². The van der Waals surface area contributed by atoms with Crippen LogP contribution >= 0.6 is 0 Å². The van der Waals surface area contributed by atoms with Gasteiger partial charge in [-0.25, -0.2) is 12.8 Å². The number of anilines is 2. The summed E-state index contributed by atoms with van der Waals surface area (Å²) in [6, 6.07) is 11.6. The second kappa shape index (κ2) is 9.90. The second-order valence-corrected chi connectivity index (χ2v) is 13.2. The number of carbonyl (C=O) groups excluding carboxylic acids is 1. The average Bonchev–Trinajstić information content (AvgIpc) is 2.99. The highest BCUT2D eigenvalue weighted by atomic mass is 32.2. The predicted molar refractivity (Wildman–Crippen MR) is 147 cm³/mol. The summed E-state index contributed by atoms with van der Waals surface area (Å²) in [5, 5.41) is 13.8. The van der Waals surface area contributed by atoms with Crippen molar-refractivity contribution in [2.24, 2.45) is 5.41 Å². The molecule has 1 unspecified atom stereocenters. The van der Waals surface area contributed by atoms with Gasteiger partial charge in [0.25, 0.3) is 0 Å². The zero-order valence-corrected chi connectivity index (χ0v) is 23.3. The van der Waals surface area contributed by atoms with Gasteiger partial charge in [0, 0.05) is 11.3 Å². The van der Waals surface area contributed by atoms with Gasteiger partial charge >= 0.3 is 6.18 Å². The molecule has 1 amide bonds. The van der Waals surface area contributed by atoms with E-state index in [4.69, 9.17) is 0 Å². The van der Waals surface area contributed by atoms with Crippen molar-refractivity contribution in [1.29, 1.82) is 0 Å². The van der Waals surface area contributed by atoms with E-state index in [-0.39, 0.29) is 46.3 Å². The molecule has 216 valence electrons. The molecule has 0 spiro atoms. The molecule has 0 saturated carbocycles. The third-order valence-electron chi connectivity index (χ3n) is 7.43. The van der Waals surface area contributed by atoms with E-state index in [9.17, 15) is 31.5 Å². The number of aromatic hydroxyl groups is 1. The van der Waals surface area contributed by atoms with Crippen LogP contribution in [-0.2, 0) is 27.2 Å². The SMILES string of the molecule is Cc1ccccc1CC(=O)N1c2cccc(O)c2NC2=C(C1c1ccc(C(F)(F)F)cc1F)S(=O)(=O)CC(C)(C)C2. The maximum atomic E-state index is 15.7. The smallest absolute Gasteiger partial charge is 0.416 e. The van der Waals surface area contributed by atoms with Gasteiger partial charge in [-0.05, 0) is 54.2 Å². The van der Waals surface area contributed by atoms with Gasteiger partial charge in [-0.1, -0.05) is 50.2 Å². The van der Waals surface area contributed by atoms with Gasteiger partial charge in [0.2, 0.25) is 5.91 Å². The van der Waals surface area contributed by atoms with E-state index >= 15 is 4.39 Å². The van der Waals surface area contributed by atoms with Crippen molar-refractivity contribution >= 4 is 27.1 Å². The maximum Gasteiger partial charge on any atom is 0.416 e. The zero-order chi connectivity index (χ0) is 29.9. The molecule has 0 fully saturated rings. The molecule has 0 radical (unpaired) electrons. The highest BCUT2D eigenvalue weighted by molar-refractivity contribution is 7.95. The largest absolute Gasteiger partial charge is 0.506 e. The van der Waals surface area contributed by atoms with Crippen LogP contribution in [0.15, 0.2) is 71.3 Å². The van der Waals surface area contributed by atoms with Gasteiger partial charge < -0.3 is 10.4 Å². The van der Waals surface area contributed by atoms with Crippen LogP contribution in [0.25, 0.3) is 0 Å². The fourth-order valence-electron chi connectivity index (χ4n) is 5.64. The molecule has 2 aliphatic rings. The fraction of sp³-hybridized carbons (Fsp3) is 0.300. The number of phenols is 1. The topological polar surface area (TPSA) is 86.7 Å². The number of alkyl halides is 3. The number of nitrogens with one attached hydrogen (secondary N) is 1. The molecule has 0 saturated heterocycles. The van der Waals surface area contributed by atoms with Gasteiger partial charge in [0.05, 0.1) is 28.3 Å². The lowest BCUT2D eigenvalue weighted by molar-refractivity contribution is -0.137. The Morgan fingerprint density at radius 2 is 1.80 bits per heavy atom. The summed E-state index contributed by atoms with van der Waals surface area (Å²) in [6.45, 7) is 5.27. The monoisotopic (exact) mass is 588 g/mol. The van der Waals surface area contributed by atoms with Crippen molar-refractivity contribution in [3.63, 3.8) is 0 Å². The number of rotatable bonds is 3. The van der Waals surface area contributed by atoms with E-state index in [1.54, 1.807) is 45.0 Å². The second-order valence-electron chi connectivity index (χ2n) is 11.2. The molecule has 2 heterocycles. The van der Waals surface area contributed by atoms with Crippen LogP contribution in [0.2, 0.25) is 0 Å². The molecular formula is C30H28F4N2O4S. The number of halogens is 4. The van der Waals surface area contributed by atoms with Crippen LogP contribution in [0.4, 0.5) is 28.9 Å². The number of hydrogen-bond acceptors (Lipinski definition) is 5. The highest BCUT2D eigenvalue weighted by Gasteiger charge is 2.48. The van der Waals surface area contributed by atoms with E-state index in [0.717, 1.165) is 16.5 Å². The minimum absolute atomic E-state index is 0.0425. The van der Waals surface area contributed by atoms with Crippen molar-refractivity contribution in [2.75, 3.05) is 16.0 Å². The Hall–Kier alpha value is -3.86. The Bertz CT molecular complexity index is 1700. The van der Waals surface area contributed by atoms with E-state index in [1.165, 1.54) is 18.2 Å². The summed E-state index contributed by atoms with van der Waals surface area (Å²) < 4.78 is 83.9. The van der Waals surface area contributed by atoms with Crippen LogP contribution in [0, 0.1) is 18.2 Å². The van der Waals surface area contributed by atoms with Gasteiger partial charge in [-0.3, -0.25) is 9.69 Å². The van der Waals surface area contributed by atoms with Crippen LogP contribution in [0.3, 0.4) is 0 Å². The predicted octanol–water partition coefficient (Wildman–Crippen LogP) is 6.66. The number of sulfone groups is 1. The third-order valence-corrected chi connectivity index (χ3v) is 9.73. The van der Waals surface area contributed by atoms with Crippen LogP contribution in [-0.4, -0.2) is 25.2 Å². The number of benzene rings is 3. The number of allylic oxidation sites excluding steroid dienone is 1. The van der Waals surface area contributed by atoms with E-state index in [0.29, 0.717) is 17.7 Å². The summed E-state index contributed by atoms with van der Waals surface area (Å²) in [5.41, 5.74) is -0.763. The van der Waals surface area contributed by atoms with Gasteiger partial charge in [0.1, 0.15) is 23.3 Å². The molecule has 0 aromatic heterocycles. The Kier molecular flexibility index (Phi) is 6.92. The molecule has 1 atom stereocenters. The number of hydrogen-bond donors (Lipinski definition) is 2. The van der Waals surface area contributed by atoms with Gasteiger partial charge in [-0.15, -0.1) is 0 Å². The summed E-state index contributed by atoms with van der Waals surface area (Å²) >= 11 is 0. The zero-order valence-electron chi connectivity index (χ0n) is 22.5. The minimum Gasteiger partial charge on any atom is -0.506 e. The summed E-state index contributed by atoms with van der Waals surface area (Å²) in [5.74, 6) is -2.56. The lowest BCUT2D eigenvalue weighted by Crippen LogP contribution is -2.42. The Balaban J connectivity index is 1.82. The van der Waals surface area contributed by atoms with Crippen molar-refractivity contribution in [1.82, 2.24) is 0 Å². The minimum atomic E-state index is -4.84. The van der Waals surface area contributed by atoms with Crippen LogP contribution in [0.1, 0.15) is 48.6 Å². The first-order chi connectivity index (χ1) is 19.1. The first-order valence-corrected chi connectivity index (χ1v) is 14.5. The average molecular weight is 589 g/mol. The third kappa shape index (κ3) is 5.30. The molecule has 0 aliphatic carbocycles. The molecule has 3 aromatic carbocycles. The van der Waals surface area contributed by atoms with Gasteiger partial charge in [-0.2, -0.15) is 13.2 Å². The molecule has 0 bridgehead atoms. The number of aryl methyl sites for hydroxylation is 1. The molecule has 6 nitrogen and oxygen atoms in total. The van der Waals surface area contributed by atoms with Crippen LogP contribution in [0.5, 0.6) is 5.75 Å². The van der Waals surface area contributed by atoms with Crippen molar-refractivity contribution in [2.45, 2.75) is 45.8 Å². The van der Waals surface area contributed by atoms with E-state index in [2.05, 4.69) is 5.32 Å². The fourth-order valence-corrected chi connectivity index (χ4v) is 8.00. The normalized spacial score (nSPS) is 19.6. The number of fused-ring (bicyclic) bond motifs is 1. The molecule has 2 N–H and O–H groups in total. The molecule has 41 heavy (non-hydrogen) atoms. The first-order valence-electron chi connectivity index (χ1n) is 12.9. The van der Waals surface area contributed by atoms with Gasteiger partial charge in [0.15, 0.2) is 9.84 Å². The van der Waals surface area contributed by atoms with Crippen molar-refractivity contribution in [3.8, 4) is 5.75 Å². The Morgan fingerprint density at radius 1 is 1.10 bits per heavy atom. The van der Waals surface area contributed by atoms with E-state index < -0.39 is 50.3 Å². The van der Waals surface area contributed by atoms with Crippen molar-refractivity contribution < 1.29 is 35.9 Å². The Morgan fingerprint density at radius 3 is 2.46 bits per heavy atom. The number of carbonyl (C=O) groups is 1. The summed E-state index contributed by atoms with van der Waals surface area (Å²) in [6.07, 6.45) is -4.89. The maximum absolute atomic E-state index is 15.7. The molecule has 3 aromatic rings. The molecule has 11 heteroatoms. The quantitative estimate of drug-likeness (QED) is 0.264. The molecule has 5 rings (SSSR count). The lowest BCUT2D eigenvalue weighted by Gasteiger charge is -2.37. The first kappa shape index (κ1) is 28.7. The summed E-state index contributed by atoms with van der Waals surface area (Å²) in [4.78, 5) is 14.9. The molecular weight excluding hydrogens is 560 g/mol. The molecule has 2 aliphatic heterocycles. The highest BCUT2D eigenvalue weighted by Crippen LogP contribution is 2.52. The Labute approximate surface area is 235 Å². The number of phenolic OH excluding ortho intramolecular Hbond substituents is 1. The number of nitrogens with zero attached hydrogens (tertiary/aromatic N) is 1. The summed E-state index contributed by atoms with van der Waals surface area (Å²) in [7, 11) is -4.19. The number of para-hydroxylation sites is 1. The number of amides is 1. The van der Waals surface area contributed by atoms with Crippen LogP contribution < -0.4 is 10.2 Å². The standard InChI is InChI=1S/C30H28F4N2O4S/c1-17-7-4-5-8-18(17)13-25(38)36-23-9-6-10-24(37)26(23)35-22-15-29(2,3)16-41(39,40)28(22)27(36)20-12-11-19(14-21(20)31)30(32,33)34/h4-12,14,27,35,37H,13,15-16H2,1-3H3. The van der Waals surface area contributed by atoms with Crippen molar-refractivity contribution in [3.05, 3.63) is 99.3 Å². The lowest BCUT2D eigenvalue weighted by atomic mass is 9.88.